The lowest BCUT2D eigenvalue weighted by atomic mass is 9.97. The molecule has 0 N–H and O–H groups in total. The van der Waals surface area contributed by atoms with Gasteiger partial charge in [0.15, 0.2) is 0 Å². The van der Waals surface area contributed by atoms with E-state index in [-0.39, 0.29) is 0 Å². The van der Waals surface area contributed by atoms with Gasteiger partial charge in [-0.1, -0.05) is 96.5 Å². The van der Waals surface area contributed by atoms with Gasteiger partial charge in [0, 0.05) is 32.3 Å². The summed E-state index contributed by atoms with van der Waals surface area (Å²) in [5.41, 5.74) is 5.91. The van der Waals surface area contributed by atoms with Crippen molar-refractivity contribution in [3.8, 4) is 22.5 Å². The summed E-state index contributed by atoms with van der Waals surface area (Å²) in [6.45, 7) is 0. The smallest absolute Gasteiger partial charge is 0.0810 e. The molecule has 2 heterocycles. The summed E-state index contributed by atoms with van der Waals surface area (Å²) in [4.78, 5) is 10.3. The summed E-state index contributed by atoms with van der Waals surface area (Å²) >= 11 is 6.40. The maximum absolute atomic E-state index is 6.40. The molecule has 5 aromatic carbocycles. The van der Waals surface area contributed by atoms with Crippen LogP contribution in [-0.2, 0) is 0 Å². The van der Waals surface area contributed by atoms with E-state index in [0.717, 1.165) is 55.1 Å². The van der Waals surface area contributed by atoms with E-state index < -0.39 is 0 Å². The van der Waals surface area contributed by atoms with Crippen LogP contribution in [0.25, 0.3) is 65.9 Å². The molecule has 2 aromatic heterocycles. The van der Waals surface area contributed by atoms with Crippen LogP contribution in [-0.4, -0.2) is 9.97 Å². The van der Waals surface area contributed by atoms with Gasteiger partial charge in [0.25, 0.3) is 0 Å². The number of aromatic nitrogens is 2. The molecule has 0 aliphatic carbocycles. The molecule has 3 heteroatoms. The number of nitrogens with zero attached hydrogens (tertiary/aromatic N) is 2. The Morgan fingerprint density at radius 2 is 1.29 bits per heavy atom. The largest absolute Gasteiger partial charge is 0.247 e. The predicted octanol–water partition coefficient (Wildman–Crippen LogP) is 9.08. The zero-order valence-electron chi connectivity index (χ0n) is 18.7. The molecule has 0 aliphatic heterocycles. The predicted molar refractivity (Wildman–Crippen MR) is 148 cm³/mol. The molecule has 35 heavy (non-hydrogen) atoms. The second-order valence-corrected chi connectivity index (χ2v) is 9.24. The quantitative estimate of drug-likeness (QED) is 0.237. The zero-order chi connectivity index (χ0) is 23.4. The molecule has 164 valence electrons. The van der Waals surface area contributed by atoms with Gasteiger partial charge < -0.3 is 0 Å². The normalized spacial score (nSPS) is 11.6. The Morgan fingerprint density at radius 3 is 2.17 bits per heavy atom. The Morgan fingerprint density at radius 1 is 0.514 bits per heavy atom. The lowest BCUT2D eigenvalue weighted by Crippen LogP contribution is -1.93. The highest BCUT2D eigenvalue weighted by Crippen LogP contribution is 2.38. The van der Waals surface area contributed by atoms with E-state index in [2.05, 4.69) is 78.9 Å². The van der Waals surface area contributed by atoms with E-state index in [9.17, 15) is 0 Å². The molecule has 7 aromatic rings. The van der Waals surface area contributed by atoms with Crippen molar-refractivity contribution >= 4 is 55.0 Å². The van der Waals surface area contributed by atoms with Gasteiger partial charge in [-0.25, -0.2) is 9.97 Å². The van der Waals surface area contributed by atoms with Gasteiger partial charge in [-0.3, -0.25) is 0 Å². The summed E-state index contributed by atoms with van der Waals surface area (Å²) in [5, 5.41) is 7.40. The van der Waals surface area contributed by atoms with E-state index in [1.54, 1.807) is 0 Å². The maximum atomic E-state index is 6.40. The lowest BCUT2D eigenvalue weighted by Gasteiger charge is -2.13. The number of fused-ring (bicyclic) bond motifs is 6. The molecule has 0 radical (unpaired) electrons. The molecule has 0 amide bonds. The van der Waals surface area contributed by atoms with Crippen molar-refractivity contribution in [2.24, 2.45) is 0 Å². The van der Waals surface area contributed by atoms with Crippen LogP contribution >= 0.6 is 11.6 Å². The molecule has 0 aliphatic rings. The molecular weight excluding hydrogens is 448 g/mol. The van der Waals surface area contributed by atoms with Gasteiger partial charge >= 0.3 is 0 Å². The monoisotopic (exact) mass is 466 g/mol. The van der Waals surface area contributed by atoms with Crippen molar-refractivity contribution in [1.82, 2.24) is 9.97 Å². The molecule has 0 spiro atoms. The van der Waals surface area contributed by atoms with E-state index >= 15 is 0 Å². The SMILES string of the molecule is Clc1ccc2nc(-c3ccccc3)c3c(ccc4ccc(-c5ccc6ccccc6c5)nc43)c2c1. The van der Waals surface area contributed by atoms with Crippen molar-refractivity contribution in [3.63, 3.8) is 0 Å². The summed E-state index contributed by atoms with van der Waals surface area (Å²) in [7, 11) is 0. The summed E-state index contributed by atoms with van der Waals surface area (Å²) in [6, 6.07) is 39.7. The fourth-order valence-corrected chi connectivity index (χ4v) is 5.14. The molecular formula is C32H19ClN2. The molecule has 0 bridgehead atoms. The van der Waals surface area contributed by atoms with Crippen LogP contribution in [0.15, 0.2) is 115 Å². The number of hydrogen-bond acceptors (Lipinski definition) is 2. The van der Waals surface area contributed by atoms with Crippen LogP contribution in [0, 0.1) is 0 Å². The van der Waals surface area contributed by atoms with E-state index in [1.165, 1.54) is 10.8 Å². The van der Waals surface area contributed by atoms with Crippen LogP contribution in [0.1, 0.15) is 0 Å². The highest BCUT2D eigenvalue weighted by atomic mass is 35.5. The van der Waals surface area contributed by atoms with Gasteiger partial charge in [-0.05, 0) is 46.5 Å². The first kappa shape index (κ1) is 20.1. The lowest BCUT2D eigenvalue weighted by molar-refractivity contribution is 1.40. The Labute approximate surface area is 207 Å². The minimum atomic E-state index is 0.700. The van der Waals surface area contributed by atoms with Crippen LogP contribution in [0.5, 0.6) is 0 Å². The first-order valence-corrected chi connectivity index (χ1v) is 12.0. The van der Waals surface area contributed by atoms with Gasteiger partial charge in [0.2, 0.25) is 0 Å². The van der Waals surface area contributed by atoms with E-state index in [0.29, 0.717) is 5.02 Å². The molecule has 0 saturated carbocycles. The fraction of sp³-hybridized carbons (Fsp3) is 0. The van der Waals surface area contributed by atoms with Crippen LogP contribution in [0.3, 0.4) is 0 Å². The van der Waals surface area contributed by atoms with Crippen molar-refractivity contribution in [1.29, 1.82) is 0 Å². The van der Waals surface area contributed by atoms with Crippen molar-refractivity contribution in [2.75, 3.05) is 0 Å². The van der Waals surface area contributed by atoms with Crippen LogP contribution in [0.4, 0.5) is 0 Å². The standard InChI is InChI=1S/C32H19ClN2/c33-25-14-17-29-27(19-25)26-15-12-22-13-16-28(24-11-10-20-6-4-5-9-23(20)18-24)34-32(22)30(26)31(35-29)21-7-2-1-3-8-21/h1-19H. The Balaban J connectivity index is 1.58. The first-order chi connectivity index (χ1) is 17.2. The highest BCUT2D eigenvalue weighted by Gasteiger charge is 2.15. The number of hydrogen-bond donors (Lipinski definition) is 0. The Hall–Kier alpha value is -4.27. The summed E-state index contributed by atoms with van der Waals surface area (Å²) in [6.07, 6.45) is 0. The molecule has 7 rings (SSSR count). The molecule has 0 saturated heterocycles. The van der Waals surface area contributed by atoms with Crippen molar-refractivity contribution < 1.29 is 0 Å². The summed E-state index contributed by atoms with van der Waals surface area (Å²) < 4.78 is 0. The second-order valence-electron chi connectivity index (χ2n) is 8.81. The molecule has 0 unspecified atom stereocenters. The molecule has 0 atom stereocenters. The maximum Gasteiger partial charge on any atom is 0.0810 e. The number of pyridine rings is 2. The Kier molecular flexibility index (Phi) is 4.54. The van der Waals surface area contributed by atoms with Crippen molar-refractivity contribution in [3.05, 3.63) is 120 Å². The number of benzene rings is 5. The number of halogens is 1. The minimum Gasteiger partial charge on any atom is -0.247 e. The van der Waals surface area contributed by atoms with Gasteiger partial charge in [0.05, 0.1) is 22.4 Å². The Bertz CT molecular complexity index is 1910. The van der Waals surface area contributed by atoms with E-state index in [1.807, 2.05) is 36.4 Å². The third-order valence-electron chi connectivity index (χ3n) is 6.67. The number of rotatable bonds is 2. The summed E-state index contributed by atoms with van der Waals surface area (Å²) in [5.74, 6) is 0. The second kappa shape index (κ2) is 7.90. The zero-order valence-corrected chi connectivity index (χ0v) is 19.5. The van der Waals surface area contributed by atoms with Crippen LogP contribution < -0.4 is 0 Å². The van der Waals surface area contributed by atoms with Crippen molar-refractivity contribution in [2.45, 2.75) is 0 Å². The average molecular weight is 467 g/mol. The minimum absolute atomic E-state index is 0.700. The highest BCUT2D eigenvalue weighted by molar-refractivity contribution is 6.32. The van der Waals surface area contributed by atoms with Gasteiger partial charge in [-0.2, -0.15) is 0 Å². The van der Waals surface area contributed by atoms with Gasteiger partial charge in [0.1, 0.15) is 0 Å². The average Bonchev–Trinajstić information content (AvgIpc) is 2.92. The fourth-order valence-electron chi connectivity index (χ4n) is 4.96. The van der Waals surface area contributed by atoms with E-state index in [4.69, 9.17) is 21.6 Å². The third-order valence-corrected chi connectivity index (χ3v) is 6.91. The molecule has 0 fully saturated rings. The third kappa shape index (κ3) is 3.34. The first-order valence-electron chi connectivity index (χ1n) is 11.6. The molecule has 2 nitrogen and oxygen atoms in total. The van der Waals surface area contributed by atoms with Crippen LogP contribution in [0.2, 0.25) is 5.02 Å². The van der Waals surface area contributed by atoms with Gasteiger partial charge in [-0.15, -0.1) is 0 Å². The topological polar surface area (TPSA) is 25.8 Å².